The van der Waals surface area contributed by atoms with E-state index in [0.29, 0.717) is 5.56 Å². The van der Waals surface area contributed by atoms with Gasteiger partial charge in [-0.3, -0.25) is 14.9 Å². The topological polar surface area (TPSA) is 60.2 Å². The molecule has 4 nitrogen and oxygen atoms in total. The van der Waals surface area contributed by atoms with Crippen LogP contribution in [0.4, 0.5) is 5.69 Å². The Morgan fingerprint density at radius 2 is 1.50 bits per heavy atom. The summed E-state index contributed by atoms with van der Waals surface area (Å²) in [7, 11) is 0. The van der Waals surface area contributed by atoms with Crippen molar-refractivity contribution in [3.63, 3.8) is 0 Å². The van der Waals surface area contributed by atoms with Crippen LogP contribution in [-0.4, -0.2) is 23.2 Å². The SMILES string of the molecule is CSC.O=C(c1ccccc1)c1ccccc1[N+](=O)[O-]. The number of benzene rings is 2. The smallest absolute Gasteiger partial charge is 0.280 e. The molecule has 0 radical (unpaired) electrons. The Bertz CT molecular complexity index is 585. The third kappa shape index (κ3) is 4.20. The first-order valence-electron chi connectivity index (χ1n) is 5.85. The number of para-hydroxylation sites is 1. The molecule has 0 bridgehead atoms. The van der Waals surface area contributed by atoms with Crippen LogP contribution in [0.2, 0.25) is 0 Å². The molecule has 0 atom stereocenters. The summed E-state index contributed by atoms with van der Waals surface area (Å²) >= 11 is 1.75. The molecule has 0 fully saturated rings. The number of nitrogens with zero attached hydrogens (tertiary/aromatic N) is 1. The number of carbonyl (C=O) groups is 1. The first-order valence-corrected chi connectivity index (χ1v) is 7.48. The summed E-state index contributed by atoms with van der Waals surface area (Å²) in [6, 6.07) is 14.5. The summed E-state index contributed by atoms with van der Waals surface area (Å²) < 4.78 is 0. The van der Waals surface area contributed by atoms with Gasteiger partial charge in [0, 0.05) is 11.6 Å². The van der Waals surface area contributed by atoms with Gasteiger partial charge < -0.3 is 0 Å². The predicted molar refractivity (Wildman–Crippen MR) is 82.4 cm³/mol. The van der Waals surface area contributed by atoms with E-state index in [4.69, 9.17) is 0 Å². The summed E-state index contributed by atoms with van der Waals surface area (Å²) in [6.45, 7) is 0. The maximum atomic E-state index is 12.1. The summed E-state index contributed by atoms with van der Waals surface area (Å²) in [5.41, 5.74) is 0.395. The van der Waals surface area contributed by atoms with E-state index in [1.54, 1.807) is 54.2 Å². The molecule has 20 heavy (non-hydrogen) atoms. The van der Waals surface area contributed by atoms with Crippen molar-refractivity contribution in [1.29, 1.82) is 0 Å². The van der Waals surface area contributed by atoms with Crippen LogP contribution in [0.3, 0.4) is 0 Å². The number of thioether (sulfide) groups is 1. The van der Waals surface area contributed by atoms with Crippen LogP contribution in [-0.2, 0) is 0 Å². The lowest BCUT2D eigenvalue weighted by atomic mass is 10.0. The highest BCUT2D eigenvalue weighted by molar-refractivity contribution is 7.97. The van der Waals surface area contributed by atoms with Crippen molar-refractivity contribution in [2.24, 2.45) is 0 Å². The molecule has 0 saturated heterocycles. The Kier molecular flexibility index (Phi) is 6.46. The van der Waals surface area contributed by atoms with Gasteiger partial charge in [0.15, 0.2) is 5.78 Å². The summed E-state index contributed by atoms with van der Waals surface area (Å²) in [5.74, 6) is -0.335. The predicted octanol–water partition coefficient (Wildman–Crippen LogP) is 3.81. The van der Waals surface area contributed by atoms with E-state index in [1.165, 1.54) is 12.1 Å². The summed E-state index contributed by atoms with van der Waals surface area (Å²) in [6.07, 6.45) is 4.08. The van der Waals surface area contributed by atoms with Crippen molar-refractivity contribution >= 4 is 23.2 Å². The fourth-order valence-electron chi connectivity index (χ4n) is 1.57. The van der Waals surface area contributed by atoms with Crippen molar-refractivity contribution in [1.82, 2.24) is 0 Å². The van der Waals surface area contributed by atoms with Crippen molar-refractivity contribution in [3.05, 3.63) is 75.8 Å². The lowest BCUT2D eigenvalue weighted by Gasteiger charge is -2.01. The van der Waals surface area contributed by atoms with Gasteiger partial charge in [-0.05, 0) is 18.6 Å². The molecule has 0 aliphatic carbocycles. The minimum absolute atomic E-state index is 0.115. The number of nitro benzene ring substituents is 1. The molecule has 104 valence electrons. The van der Waals surface area contributed by atoms with Crippen LogP contribution >= 0.6 is 11.8 Å². The summed E-state index contributed by atoms with van der Waals surface area (Å²) in [4.78, 5) is 22.3. The zero-order valence-electron chi connectivity index (χ0n) is 11.3. The molecule has 2 rings (SSSR count). The zero-order valence-corrected chi connectivity index (χ0v) is 12.1. The van der Waals surface area contributed by atoms with Crippen LogP contribution in [0.1, 0.15) is 15.9 Å². The number of hydrogen-bond acceptors (Lipinski definition) is 4. The van der Waals surface area contributed by atoms with E-state index in [2.05, 4.69) is 0 Å². The quantitative estimate of drug-likeness (QED) is 0.490. The van der Waals surface area contributed by atoms with E-state index in [-0.39, 0.29) is 17.0 Å². The zero-order chi connectivity index (χ0) is 15.0. The van der Waals surface area contributed by atoms with E-state index >= 15 is 0 Å². The largest absolute Gasteiger partial charge is 0.288 e. The van der Waals surface area contributed by atoms with Crippen LogP contribution in [0.5, 0.6) is 0 Å². The summed E-state index contributed by atoms with van der Waals surface area (Å²) in [5, 5.41) is 10.8. The molecule has 0 heterocycles. The molecule has 2 aromatic carbocycles. The molecule has 0 N–H and O–H groups in total. The van der Waals surface area contributed by atoms with Gasteiger partial charge in [-0.2, -0.15) is 11.8 Å². The second-order valence-corrected chi connectivity index (χ2v) is 4.69. The number of ketones is 1. The fourth-order valence-corrected chi connectivity index (χ4v) is 1.57. The Hall–Kier alpha value is -2.14. The third-order valence-corrected chi connectivity index (χ3v) is 2.38. The first-order chi connectivity index (χ1) is 9.61. The Morgan fingerprint density at radius 1 is 1.00 bits per heavy atom. The van der Waals surface area contributed by atoms with Crippen LogP contribution in [0.15, 0.2) is 54.6 Å². The maximum Gasteiger partial charge on any atom is 0.280 e. The highest BCUT2D eigenvalue weighted by Gasteiger charge is 2.19. The highest BCUT2D eigenvalue weighted by Crippen LogP contribution is 2.20. The molecule has 2 aromatic rings. The van der Waals surface area contributed by atoms with Crippen LogP contribution in [0.25, 0.3) is 0 Å². The molecular formula is C15H15NO3S. The number of rotatable bonds is 3. The van der Waals surface area contributed by atoms with Crippen LogP contribution < -0.4 is 0 Å². The van der Waals surface area contributed by atoms with Crippen molar-refractivity contribution in [2.75, 3.05) is 12.5 Å². The molecule has 0 saturated carbocycles. The number of carbonyl (C=O) groups excluding carboxylic acids is 1. The minimum Gasteiger partial charge on any atom is -0.288 e. The van der Waals surface area contributed by atoms with Gasteiger partial charge in [-0.15, -0.1) is 0 Å². The van der Waals surface area contributed by atoms with Crippen molar-refractivity contribution in [3.8, 4) is 0 Å². The van der Waals surface area contributed by atoms with Gasteiger partial charge in [-0.25, -0.2) is 0 Å². The van der Waals surface area contributed by atoms with Gasteiger partial charge in [0.1, 0.15) is 5.56 Å². The van der Waals surface area contributed by atoms with Gasteiger partial charge in [0.25, 0.3) is 5.69 Å². The highest BCUT2D eigenvalue weighted by atomic mass is 32.2. The Labute approximate surface area is 122 Å². The maximum absolute atomic E-state index is 12.1. The molecule has 0 aromatic heterocycles. The monoisotopic (exact) mass is 289 g/mol. The molecular weight excluding hydrogens is 274 g/mol. The molecule has 5 heteroatoms. The molecule has 0 spiro atoms. The second kappa shape index (κ2) is 8.12. The molecule has 0 unspecified atom stereocenters. The average molecular weight is 289 g/mol. The van der Waals surface area contributed by atoms with Crippen molar-refractivity contribution in [2.45, 2.75) is 0 Å². The average Bonchev–Trinajstić information content (AvgIpc) is 2.48. The lowest BCUT2D eigenvalue weighted by Crippen LogP contribution is -2.04. The second-order valence-electron chi connectivity index (χ2n) is 3.88. The van der Waals surface area contributed by atoms with Gasteiger partial charge in [0.05, 0.1) is 4.92 Å². The van der Waals surface area contributed by atoms with Crippen LogP contribution in [0, 0.1) is 10.1 Å². The Morgan fingerprint density at radius 3 is 2.05 bits per heavy atom. The molecule has 0 aliphatic rings. The van der Waals surface area contributed by atoms with Gasteiger partial charge in [0.2, 0.25) is 0 Å². The van der Waals surface area contributed by atoms with Crippen molar-refractivity contribution < 1.29 is 9.72 Å². The Balaban J connectivity index is 0.000000612. The standard InChI is InChI=1S/C13H9NO3.C2H6S/c15-13(10-6-2-1-3-7-10)11-8-4-5-9-12(11)14(16)17;1-3-2/h1-9H;1-2H3. The van der Waals surface area contributed by atoms with E-state index < -0.39 is 4.92 Å². The first kappa shape index (κ1) is 15.9. The minimum atomic E-state index is -0.545. The molecule has 0 aliphatic heterocycles. The number of nitro groups is 1. The van der Waals surface area contributed by atoms with Gasteiger partial charge >= 0.3 is 0 Å². The van der Waals surface area contributed by atoms with E-state index in [1.807, 2.05) is 12.5 Å². The van der Waals surface area contributed by atoms with Gasteiger partial charge in [-0.1, -0.05) is 42.5 Å². The normalized spacial score (nSPS) is 9.30. The van der Waals surface area contributed by atoms with E-state index in [9.17, 15) is 14.9 Å². The third-order valence-electron chi connectivity index (χ3n) is 2.38. The number of hydrogen-bond donors (Lipinski definition) is 0. The fraction of sp³-hybridized carbons (Fsp3) is 0.133. The molecule has 0 amide bonds. The van der Waals surface area contributed by atoms with E-state index in [0.717, 1.165) is 0 Å². The lowest BCUT2D eigenvalue weighted by molar-refractivity contribution is -0.385.